The Morgan fingerprint density at radius 2 is 1.85 bits per heavy atom. The van der Waals surface area contributed by atoms with Crippen LogP contribution >= 0.6 is 22.6 Å². The Morgan fingerprint density at radius 3 is 2.23 bits per heavy atom. The third-order valence-corrected chi connectivity index (χ3v) is 3.59. The smallest absolute Gasteiger partial charge is 0.0482 e. The highest BCUT2D eigenvalue weighted by Crippen LogP contribution is 2.31. The van der Waals surface area contributed by atoms with Crippen molar-refractivity contribution in [2.75, 3.05) is 4.55 Å². The Balaban J connectivity index is 2.30. The molecule has 1 aliphatic rings. The molecule has 13 heavy (non-hydrogen) atoms. The van der Waals surface area contributed by atoms with Crippen molar-refractivity contribution in [1.82, 2.24) is 5.32 Å². The largest absolute Gasteiger partial charge is 0.325 e. The summed E-state index contributed by atoms with van der Waals surface area (Å²) in [7, 11) is 0. The molecule has 78 valence electrons. The van der Waals surface area contributed by atoms with E-state index in [0.717, 1.165) is 16.5 Å². The Morgan fingerprint density at radius 1 is 1.31 bits per heavy atom. The van der Waals surface area contributed by atoms with E-state index < -0.39 is 0 Å². The van der Waals surface area contributed by atoms with Crippen LogP contribution in [0.2, 0.25) is 0 Å². The van der Waals surface area contributed by atoms with Gasteiger partial charge in [-0.15, -0.1) is 0 Å². The van der Waals surface area contributed by atoms with Crippen molar-refractivity contribution in [3.63, 3.8) is 0 Å². The van der Waals surface area contributed by atoms with E-state index in [4.69, 9.17) is 5.73 Å². The number of alkyl halides is 1. The summed E-state index contributed by atoms with van der Waals surface area (Å²) >= 11 is 2.38. The quantitative estimate of drug-likeness (QED) is 0.476. The fourth-order valence-electron chi connectivity index (χ4n) is 2.15. The SMILES string of the molecule is CC(C)(N)C1CCC(NCI)CC1. The summed E-state index contributed by atoms with van der Waals surface area (Å²) in [4.78, 5) is 0. The maximum atomic E-state index is 6.11. The molecule has 0 saturated heterocycles. The summed E-state index contributed by atoms with van der Waals surface area (Å²) in [5.74, 6) is 0.722. The summed E-state index contributed by atoms with van der Waals surface area (Å²) in [6.45, 7) is 4.31. The minimum absolute atomic E-state index is 0.0231. The first-order valence-electron chi connectivity index (χ1n) is 5.12. The van der Waals surface area contributed by atoms with Gasteiger partial charge in [-0.2, -0.15) is 0 Å². The Labute approximate surface area is 95.2 Å². The Hall–Kier alpha value is 0.650. The van der Waals surface area contributed by atoms with Gasteiger partial charge in [0.15, 0.2) is 0 Å². The maximum Gasteiger partial charge on any atom is 0.0482 e. The van der Waals surface area contributed by atoms with Crippen LogP contribution < -0.4 is 11.1 Å². The van der Waals surface area contributed by atoms with Gasteiger partial charge in [0.2, 0.25) is 0 Å². The Kier molecular flexibility index (Phi) is 4.45. The average molecular weight is 296 g/mol. The lowest BCUT2D eigenvalue weighted by molar-refractivity contribution is 0.214. The van der Waals surface area contributed by atoms with E-state index in [1.165, 1.54) is 25.7 Å². The number of nitrogens with two attached hydrogens (primary N) is 1. The van der Waals surface area contributed by atoms with Crippen LogP contribution in [-0.4, -0.2) is 16.1 Å². The first-order valence-corrected chi connectivity index (χ1v) is 6.65. The topological polar surface area (TPSA) is 38.0 Å². The molecule has 0 heterocycles. The summed E-state index contributed by atoms with van der Waals surface area (Å²) < 4.78 is 1.07. The lowest BCUT2D eigenvalue weighted by Crippen LogP contribution is -2.44. The molecular formula is C10H21IN2. The van der Waals surface area contributed by atoms with Crippen molar-refractivity contribution in [2.45, 2.75) is 51.1 Å². The molecule has 0 atom stereocenters. The minimum atomic E-state index is 0.0231. The molecule has 1 saturated carbocycles. The van der Waals surface area contributed by atoms with E-state index in [1.54, 1.807) is 0 Å². The molecule has 0 spiro atoms. The molecule has 2 nitrogen and oxygen atoms in total. The van der Waals surface area contributed by atoms with Crippen LogP contribution in [-0.2, 0) is 0 Å². The Bertz CT molecular complexity index is 145. The zero-order valence-corrected chi connectivity index (χ0v) is 10.8. The van der Waals surface area contributed by atoms with Gasteiger partial charge in [-0.05, 0) is 45.4 Å². The van der Waals surface area contributed by atoms with Crippen LogP contribution in [0.3, 0.4) is 0 Å². The highest BCUT2D eigenvalue weighted by molar-refractivity contribution is 14.1. The van der Waals surface area contributed by atoms with E-state index >= 15 is 0 Å². The number of nitrogens with one attached hydrogen (secondary N) is 1. The van der Waals surface area contributed by atoms with Crippen molar-refractivity contribution >= 4 is 22.6 Å². The molecule has 0 aliphatic heterocycles. The van der Waals surface area contributed by atoms with Gasteiger partial charge in [0.05, 0.1) is 0 Å². The van der Waals surface area contributed by atoms with Crippen molar-refractivity contribution < 1.29 is 0 Å². The van der Waals surface area contributed by atoms with Crippen LogP contribution in [0.5, 0.6) is 0 Å². The molecule has 0 radical (unpaired) electrons. The zero-order chi connectivity index (χ0) is 9.90. The number of rotatable bonds is 3. The molecule has 0 aromatic carbocycles. The van der Waals surface area contributed by atoms with Gasteiger partial charge in [0.25, 0.3) is 0 Å². The monoisotopic (exact) mass is 296 g/mol. The van der Waals surface area contributed by atoms with E-state index in [9.17, 15) is 0 Å². The van der Waals surface area contributed by atoms with E-state index in [1.807, 2.05) is 0 Å². The second-order valence-electron chi connectivity index (χ2n) is 4.71. The summed E-state index contributed by atoms with van der Waals surface area (Å²) in [6.07, 6.45) is 5.18. The van der Waals surface area contributed by atoms with Crippen LogP contribution in [0.25, 0.3) is 0 Å². The van der Waals surface area contributed by atoms with E-state index in [2.05, 4.69) is 41.8 Å². The van der Waals surface area contributed by atoms with Crippen LogP contribution in [0.15, 0.2) is 0 Å². The number of halogens is 1. The van der Waals surface area contributed by atoms with E-state index in [0.29, 0.717) is 0 Å². The highest BCUT2D eigenvalue weighted by atomic mass is 127. The number of hydrogen-bond donors (Lipinski definition) is 2. The lowest BCUT2D eigenvalue weighted by atomic mass is 9.76. The average Bonchev–Trinajstić information content (AvgIpc) is 2.04. The molecular weight excluding hydrogens is 275 g/mol. The third-order valence-electron chi connectivity index (χ3n) is 3.15. The van der Waals surface area contributed by atoms with Crippen LogP contribution in [0, 0.1) is 5.92 Å². The van der Waals surface area contributed by atoms with Crippen molar-refractivity contribution in [3.05, 3.63) is 0 Å². The summed E-state index contributed by atoms with van der Waals surface area (Å²) in [6, 6.07) is 0.746. The standard InChI is InChI=1S/C10H21IN2/c1-10(2,12)8-3-5-9(6-4-8)13-7-11/h8-9,13H,3-7,12H2,1-2H3. The van der Waals surface area contributed by atoms with E-state index in [-0.39, 0.29) is 5.54 Å². The van der Waals surface area contributed by atoms with Crippen molar-refractivity contribution in [2.24, 2.45) is 11.7 Å². The molecule has 0 aromatic rings. The molecule has 0 amide bonds. The van der Waals surface area contributed by atoms with Gasteiger partial charge in [0.1, 0.15) is 0 Å². The van der Waals surface area contributed by atoms with Gasteiger partial charge >= 0.3 is 0 Å². The lowest BCUT2D eigenvalue weighted by Gasteiger charge is -2.36. The molecule has 1 rings (SSSR count). The number of hydrogen-bond acceptors (Lipinski definition) is 2. The predicted molar refractivity (Wildman–Crippen MR) is 66.0 cm³/mol. The van der Waals surface area contributed by atoms with Gasteiger partial charge in [-0.25, -0.2) is 0 Å². The molecule has 1 fully saturated rings. The summed E-state index contributed by atoms with van der Waals surface area (Å²) in [5.41, 5.74) is 6.13. The summed E-state index contributed by atoms with van der Waals surface area (Å²) in [5, 5.41) is 3.50. The fraction of sp³-hybridized carbons (Fsp3) is 1.00. The van der Waals surface area contributed by atoms with Crippen molar-refractivity contribution in [3.8, 4) is 0 Å². The molecule has 0 aromatic heterocycles. The van der Waals surface area contributed by atoms with Crippen molar-refractivity contribution in [1.29, 1.82) is 0 Å². The molecule has 3 N–H and O–H groups in total. The molecule has 0 unspecified atom stereocenters. The van der Waals surface area contributed by atoms with Gasteiger partial charge in [-0.3, -0.25) is 0 Å². The third kappa shape index (κ3) is 3.72. The predicted octanol–water partition coefficient (Wildman–Crippen LogP) is 2.26. The van der Waals surface area contributed by atoms with Crippen LogP contribution in [0.4, 0.5) is 0 Å². The second-order valence-corrected chi connectivity index (χ2v) is 5.47. The van der Waals surface area contributed by atoms with Crippen LogP contribution in [0.1, 0.15) is 39.5 Å². The second kappa shape index (κ2) is 4.94. The first-order chi connectivity index (χ1) is 6.04. The zero-order valence-electron chi connectivity index (χ0n) is 8.65. The first kappa shape index (κ1) is 11.7. The highest BCUT2D eigenvalue weighted by Gasteiger charge is 2.29. The normalized spacial score (nSPS) is 30.5. The van der Waals surface area contributed by atoms with Gasteiger partial charge in [0, 0.05) is 16.1 Å². The molecule has 0 bridgehead atoms. The fourth-order valence-corrected chi connectivity index (χ4v) is 2.77. The maximum absolute atomic E-state index is 6.11. The molecule has 1 aliphatic carbocycles. The molecule has 3 heteroatoms. The van der Waals surface area contributed by atoms with Gasteiger partial charge in [-0.1, -0.05) is 22.6 Å². The minimum Gasteiger partial charge on any atom is -0.325 e. The van der Waals surface area contributed by atoms with Gasteiger partial charge < -0.3 is 11.1 Å².